The lowest BCUT2D eigenvalue weighted by Crippen LogP contribution is -2.26. The van der Waals surface area contributed by atoms with Gasteiger partial charge in [-0.25, -0.2) is 9.67 Å². The molecule has 5 nitrogen and oxygen atoms in total. The average Bonchev–Trinajstić information content (AvgIpc) is 3.40. The van der Waals surface area contributed by atoms with Gasteiger partial charge < -0.3 is 5.32 Å². The standard InChI is InChI=1S/C23H20N4O/c1-15(16-7-10-19(11-8-16)27-14-24-13-25-27)26-23(28)21-12-9-18-6-5-17-3-2-4-20(21)22(17)18/h2-4,7-15H,5-6H2,1H3,(H,26,28). The molecule has 1 aliphatic rings. The maximum atomic E-state index is 13.0. The Morgan fingerprint density at radius 1 is 1.04 bits per heavy atom. The molecule has 1 N–H and O–H groups in total. The molecule has 1 aromatic heterocycles. The number of rotatable bonds is 4. The van der Waals surface area contributed by atoms with Crippen molar-refractivity contribution in [3.63, 3.8) is 0 Å². The first-order valence-electron chi connectivity index (χ1n) is 9.50. The lowest BCUT2D eigenvalue weighted by Gasteiger charge is -2.16. The van der Waals surface area contributed by atoms with Gasteiger partial charge >= 0.3 is 0 Å². The van der Waals surface area contributed by atoms with Gasteiger partial charge in [-0.2, -0.15) is 5.10 Å². The maximum absolute atomic E-state index is 13.0. The topological polar surface area (TPSA) is 59.8 Å². The fourth-order valence-electron chi connectivity index (χ4n) is 4.06. The third-order valence-electron chi connectivity index (χ3n) is 5.55. The Kier molecular flexibility index (Phi) is 3.93. The molecule has 0 bridgehead atoms. The van der Waals surface area contributed by atoms with Crippen molar-refractivity contribution in [2.45, 2.75) is 25.8 Å². The zero-order valence-corrected chi connectivity index (χ0v) is 15.6. The Balaban J connectivity index is 1.39. The van der Waals surface area contributed by atoms with Crippen molar-refractivity contribution < 1.29 is 4.79 Å². The van der Waals surface area contributed by atoms with Crippen LogP contribution < -0.4 is 5.32 Å². The first-order chi connectivity index (χ1) is 13.7. The first kappa shape index (κ1) is 16.7. The molecule has 5 rings (SSSR count). The second-order valence-corrected chi connectivity index (χ2v) is 7.24. The molecule has 0 fully saturated rings. The number of carbonyl (C=O) groups is 1. The van der Waals surface area contributed by atoms with Crippen LogP contribution in [0.15, 0.2) is 67.3 Å². The molecule has 1 heterocycles. The number of aryl methyl sites for hydroxylation is 2. The molecule has 1 aliphatic carbocycles. The second kappa shape index (κ2) is 6.60. The average molecular weight is 368 g/mol. The molecule has 0 aliphatic heterocycles. The summed E-state index contributed by atoms with van der Waals surface area (Å²) < 4.78 is 1.71. The molecule has 138 valence electrons. The van der Waals surface area contributed by atoms with E-state index in [2.05, 4.69) is 39.7 Å². The minimum atomic E-state index is -0.0969. The van der Waals surface area contributed by atoms with E-state index in [4.69, 9.17) is 0 Å². The van der Waals surface area contributed by atoms with E-state index in [1.54, 1.807) is 11.0 Å². The molecular formula is C23H20N4O. The number of hydrogen-bond donors (Lipinski definition) is 1. The number of nitrogens with one attached hydrogen (secondary N) is 1. The van der Waals surface area contributed by atoms with Crippen molar-refractivity contribution in [1.29, 1.82) is 0 Å². The summed E-state index contributed by atoms with van der Waals surface area (Å²) in [6.07, 6.45) is 5.29. The van der Waals surface area contributed by atoms with Crippen molar-refractivity contribution in [3.8, 4) is 5.69 Å². The monoisotopic (exact) mass is 368 g/mol. The molecule has 0 saturated heterocycles. The van der Waals surface area contributed by atoms with E-state index in [0.717, 1.165) is 35.0 Å². The number of carbonyl (C=O) groups excluding carboxylic acids is 1. The Hall–Kier alpha value is -3.47. The van der Waals surface area contributed by atoms with Crippen molar-refractivity contribution in [3.05, 3.63) is 89.5 Å². The van der Waals surface area contributed by atoms with E-state index in [1.165, 1.54) is 22.8 Å². The summed E-state index contributed by atoms with van der Waals surface area (Å²) in [7, 11) is 0. The van der Waals surface area contributed by atoms with Crippen LogP contribution in [-0.4, -0.2) is 20.7 Å². The van der Waals surface area contributed by atoms with Crippen LogP contribution in [0.1, 0.15) is 40.0 Å². The zero-order chi connectivity index (χ0) is 19.1. The molecule has 5 heteroatoms. The highest BCUT2D eigenvalue weighted by Crippen LogP contribution is 2.33. The molecule has 0 saturated carbocycles. The number of amides is 1. The Bertz CT molecular complexity index is 1150. The molecule has 28 heavy (non-hydrogen) atoms. The van der Waals surface area contributed by atoms with E-state index in [1.807, 2.05) is 37.3 Å². The number of hydrogen-bond acceptors (Lipinski definition) is 3. The van der Waals surface area contributed by atoms with Crippen LogP contribution in [0.5, 0.6) is 0 Å². The highest BCUT2D eigenvalue weighted by atomic mass is 16.1. The minimum absolute atomic E-state index is 0.0385. The molecular weight excluding hydrogens is 348 g/mol. The van der Waals surface area contributed by atoms with Crippen molar-refractivity contribution in [2.75, 3.05) is 0 Å². The van der Waals surface area contributed by atoms with E-state index in [-0.39, 0.29) is 11.9 Å². The Labute approximate surface area is 163 Å². The normalized spacial score (nSPS) is 13.6. The second-order valence-electron chi connectivity index (χ2n) is 7.24. The van der Waals surface area contributed by atoms with Gasteiger partial charge in [0, 0.05) is 5.56 Å². The van der Waals surface area contributed by atoms with Gasteiger partial charge in [-0.05, 0) is 65.4 Å². The van der Waals surface area contributed by atoms with Gasteiger partial charge in [0.05, 0.1) is 11.7 Å². The first-order valence-corrected chi connectivity index (χ1v) is 9.50. The molecule has 4 aromatic rings. The van der Waals surface area contributed by atoms with E-state index in [9.17, 15) is 4.79 Å². The smallest absolute Gasteiger partial charge is 0.252 e. The van der Waals surface area contributed by atoms with Crippen LogP contribution in [0.25, 0.3) is 16.5 Å². The predicted molar refractivity (Wildman–Crippen MR) is 109 cm³/mol. The molecule has 1 amide bonds. The van der Waals surface area contributed by atoms with Crippen molar-refractivity contribution >= 4 is 16.7 Å². The van der Waals surface area contributed by atoms with Crippen LogP contribution in [0.4, 0.5) is 0 Å². The fraction of sp³-hybridized carbons (Fsp3) is 0.174. The van der Waals surface area contributed by atoms with Crippen molar-refractivity contribution in [2.24, 2.45) is 0 Å². The predicted octanol–water partition coefficient (Wildman–Crippen LogP) is 4.01. The summed E-state index contributed by atoms with van der Waals surface area (Å²) in [6, 6.07) is 18.2. The molecule has 1 unspecified atom stereocenters. The van der Waals surface area contributed by atoms with Crippen LogP contribution in [0, 0.1) is 0 Å². The summed E-state index contributed by atoms with van der Waals surface area (Å²) >= 11 is 0. The molecule has 0 spiro atoms. The lowest BCUT2D eigenvalue weighted by atomic mass is 9.99. The number of benzene rings is 3. The third-order valence-corrected chi connectivity index (χ3v) is 5.55. The number of nitrogens with zero attached hydrogens (tertiary/aromatic N) is 3. The fourth-order valence-corrected chi connectivity index (χ4v) is 4.06. The van der Waals surface area contributed by atoms with Crippen LogP contribution >= 0.6 is 0 Å². The van der Waals surface area contributed by atoms with E-state index < -0.39 is 0 Å². The minimum Gasteiger partial charge on any atom is -0.345 e. The van der Waals surface area contributed by atoms with Gasteiger partial charge in [-0.3, -0.25) is 4.79 Å². The van der Waals surface area contributed by atoms with Crippen molar-refractivity contribution in [1.82, 2.24) is 20.1 Å². The SMILES string of the molecule is CC(NC(=O)c1ccc2c3c(cccc13)CC2)c1ccc(-n2cncn2)cc1. The van der Waals surface area contributed by atoms with Gasteiger partial charge in [0.25, 0.3) is 5.91 Å². The summed E-state index contributed by atoms with van der Waals surface area (Å²) in [5, 5.41) is 9.60. The number of aromatic nitrogens is 3. The quantitative estimate of drug-likeness (QED) is 0.592. The van der Waals surface area contributed by atoms with Crippen LogP contribution in [0.2, 0.25) is 0 Å². The maximum Gasteiger partial charge on any atom is 0.252 e. The lowest BCUT2D eigenvalue weighted by molar-refractivity contribution is 0.0941. The van der Waals surface area contributed by atoms with Gasteiger partial charge in [-0.15, -0.1) is 0 Å². The summed E-state index contributed by atoms with van der Waals surface area (Å²) in [6.45, 7) is 2.00. The third kappa shape index (κ3) is 2.76. The highest BCUT2D eigenvalue weighted by molar-refractivity contribution is 6.09. The molecule has 0 radical (unpaired) electrons. The van der Waals surface area contributed by atoms with Crippen LogP contribution in [0.3, 0.4) is 0 Å². The summed E-state index contributed by atoms with van der Waals surface area (Å²) in [5.74, 6) is -0.0385. The van der Waals surface area contributed by atoms with Crippen LogP contribution in [-0.2, 0) is 12.8 Å². The van der Waals surface area contributed by atoms with E-state index >= 15 is 0 Å². The molecule has 3 aromatic carbocycles. The zero-order valence-electron chi connectivity index (χ0n) is 15.6. The van der Waals surface area contributed by atoms with Gasteiger partial charge in [0.1, 0.15) is 12.7 Å². The van der Waals surface area contributed by atoms with Gasteiger partial charge in [0.15, 0.2) is 0 Å². The van der Waals surface area contributed by atoms with E-state index in [0.29, 0.717) is 0 Å². The largest absolute Gasteiger partial charge is 0.345 e. The Morgan fingerprint density at radius 2 is 1.82 bits per heavy atom. The summed E-state index contributed by atoms with van der Waals surface area (Å²) in [4.78, 5) is 17.0. The molecule has 1 atom stereocenters. The van der Waals surface area contributed by atoms with Gasteiger partial charge in [-0.1, -0.05) is 36.4 Å². The summed E-state index contributed by atoms with van der Waals surface area (Å²) in [5.41, 5.74) is 5.42. The van der Waals surface area contributed by atoms with Gasteiger partial charge in [0.2, 0.25) is 0 Å². The highest BCUT2D eigenvalue weighted by Gasteiger charge is 2.19. The Morgan fingerprint density at radius 3 is 2.57 bits per heavy atom.